The molecule has 0 bridgehead atoms. The van der Waals surface area contributed by atoms with E-state index >= 15 is 0 Å². The summed E-state index contributed by atoms with van der Waals surface area (Å²) in [6, 6.07) is 13.5. The van der Waals surface area contributed by atoms with Gasteiger partial charge in [0.1, 0.15) is 17.3 Å². The van der Waals surface area contributed by atoms with Gasteiger partial charge in [-0.05, 0) is 50.3 Å². The molecule has 0 saturated heterocycles. The molecule has 9 heteroatoms. The summed E-state index contributed by atoms with van der Waals surface area (Å²) in [5.41, 5.74) is 5.62. The summed E-state index contributed by atoms with van der Waals surface area (Å²) in [5.74, 6) is 0.665. The number of ether oxygens (including phenoxy) is 1. The number of aryl methyl sites for hydroxylation is 1. The molecule has 0 fully saturated rings. The highest BCUT2D eigenvalue weighted by molar-refractivity contribution is 6.15. The lowest BCUT2D eigenvalue weighted by Gasteiger charge is -2.20. The van der Waals surface area contributed by atoms with Crippen LogP contribution in [0.2, 0.25) is 0 Å². The van der Waals surface area contributed by atoms with Gasteiger partial charge < -0.3 is 4.74 Å². The SMILES string of the molecule is COc1ccc2nc(C)cc(NN3C(=O)/C(=C/c4ccccc4[N+](=O)[O-])N=C3C)c2c1. The summed E-state index contributed by atoms with van der Waals surface area (Å²) >= 11 is 0. The number of nitrogens with one attached hydrogen (secondary N) is 1. The first-order valence-corrected chi connectivity index (χ1v) is 9.44. The highest BCUT2D eigenvalue weighted by Crippen LogP contribution is 2.29. The molecule has 1 aliphatic heterocycles. The minimum absolute atomic E-state index is 0.0927. The number of carbonyl (C=O) groups is 1. The molecule has 2 heterocycles. The number of carbonyl (C=O) groups excluding carboxylic acids is 1. The largest absolute Gasteiger partial charge is 0.497 e. The lowest BCUT2D eigenvalue weighted by atomic mass is 10.1. The Balaban J connectivity index is 1.70. The van der Waals surface area contributed by atoms with Gasteiger partial charge in [-0.3, -0.25) is 25.3 Å². The molecular formula is C22H19N5O4. The van der Waals surface area contributed by atoms with E-state index in [0.717, 1.165) is 16.6 Å². The quantitative estimate of drug-likeness (QED) is 0.380. The zero-order chi connectivity index (χ0) is 22.1. The number of aromatic nitrogens is 1. The monoisotopic (exact) mass is 417 g/mol. The summed E-state index contributed by atoms with van der Waals surface area (Å²) < 4.78 is 5.31. The van der Waals surface area contributed by atoms with Gasteiger partial charge in [-0.15, -0.1) is 0 Å². The van der Waals surface area contributed by atoms with Crippen LogP contribution in [0.4, 0.5) is 11.4 Å². The summed E-state index contributed by atoms with van der Waals surface area (Å²) in [5, 5.41) is 13.4. The Morgan fingerprint density at radius 2 is 1.94 bits per heavy atom. The Morgan fingerprint density at radius 1 is 1.16 bits per heavy atom. The van der Waals surface area contributed by atoms with E-state index < -0.39 is 10.8 Å². The van der Waals surface area contributed by atoms with E-state index in [2.05, 4.69) is 15.4 Å². The number of hydrogen-bond acceptors (Lipinski definition) is 7. The fourth-order valence-electron chi connectivity index (χ4n) is 3.36. The van der Waals surface area contributed by atoms with Gasteiger partial charge in [0.15, 0.2) is 0 Å². The Hall–Kier alpha value is -4.27. The number of amides is 1. The van der Waals surface area contributed by atoms with Gasteiger partial charge in [0.25, 0.3) is 11.6 Å². The zero-order valence-electron chi connectivity index (χ0n) is 17.1. The van der Waals surface area contributed by atoms with Gasteiger partial charge in [0.2, 0.25) is 0 Å². The summed E-state index contributed by atoms with van der Waals surface area (Å²) in [6.45, 7) is 3.55. The molecule has 9 nitrogen and oxygen atoms in total. The maximum absolute atomic E-state index is 13.0. The molecule has 1 amide bonds. The van der Waals surface area contributed by atoms with Crippen molar-refractivity contribution in [2.24, 2.45) is 4.99 Å². The first-order chi connectivity index (χ1) is 14.9. The fourth-order valence-corrected chi connectivity index (χ4v) is 3.36. The first kappa shape index (κ1) is 20.0. The molecule has 0 saturated carbocycles. The molecule has 0 radical (unpaired) electrons. The first-order valence-electron chi connectivity index (χ1n) is 9.44. The average Bonchev–Trinajstić information content (AvgIpc) is 3.01. The molecule has 3 aromatic rings. The Morgan fingerprint density at radius 3 is 2.68 bits per heavy atom. The van der Waals surface area contributed by atoms with Crippen molar-refractivity contribution in [3.05, 3.63) is 75.6 Å². The molecule has 1 N–H and O–H groups in total. The maximum atomic E-state index is 13.0. The molecule has 0 atom stereocenters. The van der Waals surface area contributed by atoms with Gasteiger partial charge in [-0.1, -0.05) is 12.1 Å². The standard InChI is InChI=1S/C22H19N5O4/c1-13-10-19(17-12-16(31-3)8-9-18(17)23-13)25-26-14(2)24-20(22(26)28)11-15-6-4-5-7-21(15)27(29)30/h4-12H,1-3H3,(H,23,25)/b20-11-. The number of nitro benzene ring substituents is 1. The second-order valence-electron chi connectivity index (χ2n) is 6.95. The van der Waals surface area contributed by atoms with Crippen LogP contribution in [-0.4, -0.2) is 33.8 Å². The highest BCUT2D eigenvalue weighted by atomic mass is 16.6. The van der Waals surface area contributed by atoms with E-state index in [1.54, 1.807) is 32.2 Å². The summed E-state index contributed by atoms with van der Waals surface area (Å²) in [7, 11) is 1.58. The van der Waals surface area contributed by atoms with Crippen LogP contribution in [0.15, 0.2) is 59.2 Å². The molecule has 1 aromatic heterocycles. The third-order valence-corrected chi connectivity index (χ3v) is 4.83. The molecule has 0 unspecified atom stereocenters. The van der Waals surface area contributed by atoms with Crippen LogP contribution in [-0.2, 0) is 4.79 Å². The molecule has 1 aliphatic rings. The zero-order valence-corrected chi connectivity index (χ0v) is 17.1. The van der Waals surface area contributed by atoms with E-state index in [9.17, 15) is 14.9 Å². The number of rotatable bonds is 5. The number of nitrogens with zero attached hydrogens (tertiary/aromatic N) is 4. The maximum Gasteiger partial charge on any atom is 0.296 e. The van der Waals surface area contributed by atoms with Gasteiger partial charge in [-0.25, -0.2) is 10.0 Å². The lowest BCUT2D eigenvalue weighted by molar-refractivity contribution is -0.385. The lowest BCUT2D eigenvalue weighted by Crippen LogP contribution is -2.36. The van der Waals surface area contributed by atoms with Crippen LogP contribution in [0.3, 0.4) is 0 Å². The Labute approximate surface area is 177 Å². The number of amidine groups is 1. The van der Waals surface area contributed by atoms with Crippen LogP contribution in [0.25, 0.3) is 17.0 Å². The number of para-hydroxylation sites is 1. The van der Waals surface area contributed by atoms with Crippen LogP contribution in [0, 0.1) is 17.0 Å². The number of hydrazine groups is 1. The molecule has 0 spiro atoms. The van der Waals surface area contributed by atoms with Crippen LogP contribution in [0.5, 0.6) is 5.75 Å². The molecule has 156 valence electrons. The normalized spacial score (nSPS) is 14.8. The van der Waals surface area contributed by atoms with Crippen molar-refractivity contribution >= 4 is 40.1 Å². The van der Waals surface area contributed by atoms with Crippen molar-refractivity contribution in [1.29, 1.82) is 0 Å². The summed E-state index contributed by atoms with van der Waals surface area (Å²) in [6.07, 6.45) is 1.42. The number of nitro groups is 1. The molecule has 2 aromatic carbocycles. The minimum atomic E-state index is -0.488. The van der Waals surface area contributed by atoms with Gasteiger partial charge in [0.05, 0.1) is 28.8 Å². The third kappa shape index (κ3) is 3.80. The number of pyridine rings is 1. The predicted octanol–water partition coefficient (Wildman–Crippen LogP) is 4.09. The molecule has 4 rings (SSSR count). The number of anilines is 1. The highest BCUT2D eigenvalue weighted by Gasteiger charge is 2.29. The van der Waals surface area contributed by atoms with Gasteiger partial charge in [-0.2, -0.15) is 0 Å². The van der Waals surface area contributed by atoms with Crippen molar-refractivity contribution in [3.8, 4) is 5.75 Å². The average molecular weight is 417 g/mol. The van der Waals surface area contributed by atoms with Gasteiger partial charge in [0, 0.05) is 17.1 Å². The van der Waals surface area contributed by atoms with E-state index in [-0.39, 0.29) is 11.4 Å². The third-order valence-electron chi connectivity index (χ3n) is 4.83. The van der Waals surface area contributed by atoms with E-state index in [0.29, 0.717) is 22.8 Å². The second-order valence-corrected chi connectivity index (χ2v) is 6.95. The van der Waals surface area contributed by atoms with Crippen molar-refractivity contribution in [2.45, 2.75) is 13.8 Å². The number of fused-ring (bicyclic) bond motifs is 1. The predicted molar refractivity (Wildman–Crippen MR) is 118 cm³/mol. The Kier molecular flexibility index (Phi) is 5.08. The van der Waals surface area contributed by atoms with Crippen molar-refractivity contribution in [2.75, 3.05) is 12.5 Å². The van der Waals surface area contributed by atoms with E-state index in [1.807, 2.05) is 31.2 Å². The number of hydrogen-bond donors (Lipinski definition) is 1. The van der Waals surface area contributed by atoms with Crippen molar-refractivity contribution < 1.29 is 14.5 Å². The Bertz CT molecular complexity index is 1280. The molecular weight excluding hydrogens is 398 g/mol. The van der Waals surface area contributed by atoms with Crippen molar-refractivity contribution in [3.63, 3.8) is 0 Å². The van der Waals surface area contributed by atoms with Gasteiger partial charge >= 0.3 is 0 Å². The fraction of sp³-hybridized carbons (Fsp3) is 0.136. The topological polar surface area (TPSA) is 110 Å². The number of methoxy groups -OCH3 is 1. The smallest absolute Gasteiger partial charge is 0.296 e. The number of benzene rings is 2. The summed E-state index contributed by atoms with van der Waals surface area (Å²) in [4.78, 5) is 32.6. The minimum Gasteiger partial charge on any atom is -0.497 e. The van der Waals surface area contributed by atoms with Crippen LogP contribution in [0.1, 0.15) is 18.2 Å². The second kappa shape index (κ2) is 7.86. The van der Waals surface area contributed by atoms with Crippen LogP contribution >= 0.6 is 0 Å². The van der Waals surface area contributed by atoms with Crippen molar-refractivity contribution in [1.82, 2.24) is 9.99 Å². The van der Waals surface area contributed by atoms with E-state index in [1.165, 1.54) is 17.2 Å². The number of aliphatic imine (C=N–C) groups is 1. The molecule has 31 heavy (non-hydrogen) atoms. The van der Waals surface area contributed by atoms with Crippen LogP contribution < -0.4 is 10.2 Å². The molecule has 0 aliphatic carbocycles. The van der Waals surface area contributed by atoms with E-state index in [4.69, 9.17) is 4.74 Å².